The molecule has 5 nitrogen and oxygen atoms in total. The summed E-state index contributed by atoms with van der Waals surface area (Å²) in [5.74, 6) is 0. The van der Waals surface area contributed by atoms with E-state index in [1.807, 2.05) is 13.8 Å². The van der Waals surface area contributed by atoms with Crippen LogP contribution in [-0.4, -0.2) is 58.6 Å². The number of hydrogen-bond donors (Lipinski definition) is 4. The first-order valence-corrected chi connectivity index (χ1v) is 4.63. The average molecular weight is 210 g/mol. The van der Waals surface area contributed by atoms with Crippen molar-refractivity contribution in [2.24, 2.45) is 0 Å². The average Bonchev–Trinajstić information content (AvgIpc) is 2.14. The van der Waals surface area contributed by atoms with Gasteiger partial charge in [-0.1, -0.05) is 0 Å². The lowest BCUT2D eigenvalue weighted by Gasteiger charge is -2.10. The van der Waals surface area contributed by atoms with Crippen LogP contribution in [-0.2, 0) is 4.74 Å². The van der Waals surface area contributed by atoms with Gasteiger partial charge in [0.15, 0.2) is 0 Å². The molecule has 0 aliphatic heterocycles. The van der Waals surface area contributed by atoms with Gasteiger partial charge in [0.05, 0.1) is 32.0 Å². The van der Waals surface area contributed by atoms with Gasteiger partial charge in [0, 0.05) is 0 Å². The number of hydrogen-bond acceptors (Lipinski definition) is 5. The topological polar surface area (TPSA) is 90.2 Å². The van der Waals surface area contributed by atoms with Gasteiger partial charge in [-0.05, 0) is 20.8 Å². The molecule has 0 saturated carbocycles. The lowest BCUT2D eigenvalue weighted by molar-refractivity contribution is -0.0167. The minimum Gasteiger partial charge on any atom is -0.394 e. The summed E-state index contributed by atoms with van der Waals surface area (Å²) in [6.45, 7) is 5.13. The monoisotopic (exact) mass is 210 g/mol. The Morgan fingerprint density at radius 2 is 1.43 bits per heavy atom. The molecular formula is C9H22O5. The van der Waals surface area contributed by atoms with Crippen LogP contribution in [0.5, 0.6) is 0 Å². The van der Waals surface area contributed by atoms with Crippen molar-refractivity contribution in [1.29, 1.82) is 0 Å². The zero-order chi connectivity index (χ0) is 11.6. The van der Waals surface area contributed by atoms with Crippen molar-refractivity contribution in [1.82, 2.24) is 0 Å². The van der Waals surface area contributed by atoms with Crippen molar-refractivity contribution >= 4 is 0 Å². The molecule has 0 heterocycles. The molecule has 2 unspecified atom stereocenters. The predicted molar refractivity (Wildman–Crippen MR) is 52.9 cm³/mol. The fraction of sp³-hybridized carbons (Fsp3) is 1.00. The second-order valence-electron chi connectivity index (χ2n) is 3.25. The number of rotatable bonds is 5. The highest BCUT2D eigenvalue weighted by atomic mass is 16.5. The summed E-state index contributed by atoms with van der Waals surface area (Å²) in [4.78, 5) is 0. The van der Waals surface area contributed by atoms with Gasteiger partial charge in [-0.25, -0.2) is 0 Å². The van der Waals surface area contributed by atoms with Crippen molar-refractivity contribution in [3.63, 3.8) is 0 Å². The van der Waals surface area contributed by atoms with Crippen molar-refractivity contribution in [3.05, 3.63) is 0 Å². The van der Waals surface area contributed by atoms with Crippen molar-refractivity contribution in [2.45, 2.75) is 39.1 Å². The molecule has 0 aliphatic carbocycles. The Kier molecular flexibility index (Phi) is 12.6. The molecule has 0 radical (unpaired) electrons. The molecule has 0 amide bonds. The number of aliphatic hydroxyl groups excluding tert-OH is 4. The van der Waals surface area contributed by atoms with E-state index in [2.05, 4.69) is 0 Å². The van der Waals surface area contributed by atoms with Crippen LogP contribution in [0.1, 0.15) is 20.8 Å². The molecule has 0 spiro atoms. The smallest absolute Gasteiger partial charge is 0.100 e. The Balaban J connectivity index is 0. The third kappa shape index (κ3) is 17.8. The largest absolute Gasteiger partial charge is 0.394 e. The summed E-state index contributed by atoms with van der Waals surface area (Å²) < 4.78 is 4.98. The Hall–Kier alpha value is -0.200. The van der Waals surface area contributed by atoms with Gasteiger partial charge in [-0.3, -0.25) is 0 Å². The fourth-order valence-corrected chi connectivity index (χ4v) is 0.356. The standard InChI is InChI=1S/C6H14O3.C3H8O2/c1-5(2)9-4-6(8)3-7;1-3(5)2-4/h5-8H,3-4H2,1-2H3;3-5H,2H2,1H3. The van der Waals surface area contributed by atoms with Crippen LogP contribution in [0.15, 0.2) is 0 Å². The first-order chi connectivity index (χ1) is 6.43. The van der Waals surface area contributed by atoms with Crippen LogP contribution in [0.3, 0.4) is 0 Å². The van der Waals surface area contributed by atoms with Crippen LogP contribution >= 0.6 is 0 Å². The number of aliphatic hydroxyl groups is 4. The van der Waals surface area contributed by atoms with Crippen LogP contribution in [0, 0.1) is 0 Å². The van der Waals surface area contributed by atoms with Crippen molar-refractivity contribution in [3.8, 4) is 0 Å². The maximum absolute atomic E-state index is 8.73. The zero-order valence-corrected chi connectivity index (χ0v) is 9.05. The SMILES string of the molecule is CC(C)OCC(O)CO.CC(O)CO. The summed E-state index contributed by atoms with van der Waals surface area (Å²) in [7, 11) is 0. The van der Waals surface area contributed by atoms with Gasteiger partial charge in [-0.2, -0.15) is 0 Å². The molecule has 0 aliphatic rings. The highest BCUT2D eigenvalue weighted by Crippen LogP contribution is 1.89. The lowest BCUT2D eigenvalue weighted by atomic mass is 10.4. The molecule has 14 heavy (non-hydrogen) atoms. The summed E-state index contributed by atoms with van der Waals surface area (Å²) in [5, 5.41) is 33.1. The van der Waals surface area contributed by atoms with Gasteiger partial charge in [-0.15, -0.1) is 0 Å². The summed E-state index contributed by atoms with van der Waals surface area (Å²) in [5.41, 5.74) is 0. The van der Waals surface area contributed by atoms with E-state index in [4.69, 9.17) is 25.2 Å². The Morgan fingerprint density at radius 3 is 1.64 bits per heavy atom. The summed E-state index contributed by atoms with van der Waals surface area (Å²) >= 11 is 0. The minimum absolute atomic E-state index is 0.117. The van der Waals surface area contributed by atoms with E-state index in [-0.39, 0.29) is 25.9 Å². The van der Waals surface area contributed by atoms with Gasteiger partial charge in [0.2, 0.25) is 0 Å². The lowest BCUT2D eigenvalue weighted by Crippen LogP contribution is -2.21. The van der Waals surface area contributed by atoms with Gasteiger partial charge >= 0.3 is 0 Å². The highest BCUT2D eigenvalue weighted by Gasteiger charge is 2.01. The molecule has 88 valence electrons. The maximum atomic E-state index is 8.73. The van der Waals surface area contributed by atoms with E-state index < -0.39 is 12.2 Å². The normalized spacial score (nSPS) is 14.6. The second kappa shape index (κ2) is 10.9. The Morgan fingerprint density at radius 1 is 1.00 bits per heavy atom. The summed E-state index contributed by atoms with van der Waals surface area (Å²) in [6.07, 6.45) is -1.17. The van der Waals surface area contributed by atoms with Crippen LogP contribution < -0.4 is 0 Å². The molecular weight excluding hydrogens is 188 g/mol. The fourth-order valence-electron chi connectivity index (χ4n) is 0.356. The third-order valence-corrected chi connectivity index (χ3v) is 1.10. The minimum atomic E-state index is -0.729. The first kappa shape index (κ1) is 16.2. The number of ether oxygens (including phenoxy) is 1. The predicted octanol–water partition coefficient (Wildman–Crippen LogP) is -0.876. The molecule has 2 atom stereocenters. The molecule has 0 fully saturated rings. The van der Waals surface area contributed by atoms with E-state index in [0.717, 1.165) is 0 Å². The molecule has 0 aromatic rings. The van der Waals surface area contributed by atoms with Gasteiger partial charge < -0.3 is 25.2 Å². The van der Waals surface area contributed by atoms with Crippen LogP contribution in [0.4, 0.5) is 0 Å². The molecule has 0 aromatic heterocycles. The van der Waals surface area contributed by atoms with Gasteiger partial charge in [0.1, 0.15) is 6.10 Å². The Bertz CT molecular complexity index is 105. The Labute approximate surface area is 85.0 Å². The quantitative estimate of drug-likeness (QED) is 0.473. The summed E-state index contributed by atoms with van der Waals surface area (Å²) in [6, 6.07) is 0. The molecule has 0 bridgehead atoms. The maximum Gasteiger partial charge on any atom is 0.100 e. The van der Waals surface area contributed by atoms with Crippen LogP contribution in [0.2, 0.25) is 0 Å². The van der Waals surface area contributed by atoms with Crippen molar-refractivity contribution < 1.29 is 25.2 Å². The van der Waals surface area contributed by atoms with Crippen LogP contribution in [0.25, 0.3) is 0 Å². The van der Waals surface area contributed by atoms with E-state index in [1.165, 1.54) is 6.92 Å². The van der Waals surface area contributed by atoms with E-state index in [0.29, 0.717) is 0 Å². The third-order valence-electron chi connectivity index (χ3n) is 1.10. The molecule has 0 rings (SSSR count). The molecule has 0 aromatic carbocycles. The zero-order valence-electron chi connectivity index (χ0n) is 9.05. The molecule has 0 saturated heterocycles. The first-order valence-electron chi connectivity index (χ1n) is 4.63. The van der Waals surface area contributed by atoms with E-state index in [1.54, 1.807) is 0 Å². The second-order valence-corrected chi connectivity index (χ2v) is 3.25. The van der Waals surface area contributed by atoms with E-state index >= 15 is 0 Å². The molecule has 4 N–H and O–H groups in total. The van der Waals surface area contributed by atoms with E-state index in [9.17, 15) is 0 Å². The molecule has 5 heteroatoms. The van der Waals surface area contributed by atoms with Crippen molar-refractivity contribution in [2.75, 3.05) is 19.8 Å². The highest BCUT2D eigenvalue weighted by molar-refractivity contribution is 4.49. The van der Waals surface area contributed by atoms with Gasteiger partial charge in [0.25, 0.3) is 0 Å².